The summed E-state index contributed by atoms with van der Waals surface area (Å²) < 4.78 is 27.3. The first-order valence-corrected chi connectivity index (χ1v) is 9.18. The molecule has 1 heterocycles. The molecule has 0 aliphatic carbocycles. The number of rotatable bonds is 8. The van der Waals surface area contributed by atoms with Gasteiger partial charge in [0.25, 0.3) is 0 Å². The molecule has 0 unspecified atom stereocenters. The van der Waals surface area contributed by atoms with Gasteiger partial charge in [0.15, 0.2) is 23.0 Å². The van der Waals surface area contributed by atoms with Gasteiger partial charge in [0.2, 0.25) is 0 Å². The monoisotopic (exact) mass is 372 g/mol. The number of methoxy groups -OCH3 is 4. The second-order valence-corrected chi connectivity index (χ2v) is 6.84. The minimum absolute atomic E-state index is 0.469. The number of benzene rings is 2. The first-order chi connectivity index (χ1) is 13.2. The molecule has 146 valence electrons. The zero-order valence-corrected chi connectivity index (χ0v) is 16.5. The van der Waals surface area contributed by atoms with Gasteiger partial charge < -0.3 is 23.7 Å². The largest absolute Gasteiger partial charge is 0.493 e. The summed E-state index contributed by atoms with van der Waals surface area (Å²) in [5.74, 6) is 3.99. The molecule has 5 heteroatoms. The number of ether oxygens (including phenoxy) is 5. The van der Waals surface area contributed by atoms with Crippen LogP contribution in [0.3, 0.4) is 0 Å². The Hall–Kier alpha value is -2.40. The molecule has 0 radical (unpaired) electrons. The van der Waals surface area contributed by atoms with Crippen LogP contribution in [-0.4, -0.2) is 41.7 Å². The van der Waals surface area contributed by atoms with Gasteiger partial charge in [-0.05, 0) is 60.1 Å². The number of hydrogen-bond acceptors (Lipinski definition) is 5. The lowest BCUT2D eigenvalue weighted by molar-refractivity contribution is 0.180. The highest BCUT2D eigenvalue weighted by Gasteiger charge is 2.29. The van der Waals surface area contributed by atoms with Crippen molar-refractivity contribution in [3.05, 3.63) is 47.5 Å². The van der Waals surface area contributed by atoms with Gasteiger partial charge in [-0.15, -0.1) is 0 Å². The van der Waals surface area contributed by atoms with Crippen molar-refractivity contribution in [2.24, 2.45) is 11.8 Å². The molecule has 5 nitrogen and oxygen atoms in total. The molecule has 0 amide bonds. The van der Waals surface area contributed by atoms with Crippen LogP contribution in [0.25, 0.3) is 0 Å². The summed E-state index contributed by atoms with van der Waals surface area (Å²) in [5.41, 5.74) is 2.47. The first-order valence-electron chi connectivity index (χ1n) is 9.18. The van der Waals surface area contributed by atoms with Gasteiger partial charge in [-0.3, -0.25) is 0 Å². The third kappa shape index (κ3) is 4.48. The van der Waals surface area contributed by atoms with Crippen LogP contribution in [0.1, 0.15) is 11.1 Å². The van der Waals surface area contributed by atoms with E-state index in [1.807, 2.05) is 12.1 Å². The predicted molar refractivity (Wildman–Crippen MR) is 104 cm³/mol. The molecule has 0 saturated carbocycles. The Morgan fingerprint density at radius 2 is 1.07 bits per heavy atom. The van der Waals surface area contributed by atoms with Gasteiger partial charge in [0.1, 0.15) is 0 Å². The van der Waals surface area contributed by atoms with Crippen LogP contribution >= 0.6 is 0 Å². The first kappa shape index (κ1) is 19.4. The van der Waals surface area contributed by atoms with E-state index in [9.17, 15) is 0 Å². The zero-order valence-electron chi connectivity index (χ0n) is 16.5. The van der Waals surface area contributed by atoms with Crippen molar-refractivity contribution in [3.63, 3.8) is 0 Å². The Kier molecular flexibility index (Phi) is 6.45. The molecule has 27 heavy (non-hydrogen) atoms. The Balaban J connectivity index is 1.70. The lowest BCUT2D eigenvalue weighted by Crippen LogP contribution is -2.17. The highest BCUT2D eigenvalue weighted by Crippen LogP contribution is 2.34. The average Bonchev–Trinajstić information content (AvgIpc) is 3.14. The minimum atomic E-state index is 0.469. The topological polar surface area (TPSA) is 46.2 Å². The van der Waals surface area contributed by atoms with E-state index in [0.29, 0.717) is 11.8 Å². The fourth-order valence-corrected chi connectivity index (χ4v) is 3.71. The maximum absolute atomic E-state index is 5.81. The maximum atomic E-state index is 5.81. The van der Waals surface area contributed by atoms with E-state index in [1.165, 1.54) is 11.1 Å². The summed E-state index contributed by atoms with van der Waals surface area (Å²) in [6.07, 6.45) is 1.91. The molecule has 2 atom stereocenters. The lowest BCUT2D eigenvalue weighted by Gasteiger charge is -2.19. The van der Waals surface area contributed by atoms with E-state index in [1.54, 1.807) is 28.4 Å². The molecule has 2 aromatic carbocycles. The van der Waals surface area contributed by atoms with Gasteiger partial charge in [0.05, 0.1) is 41.7 Å². The van der Waals surface area contributed by atoms with Crippen molar-refractivity contribution < 1.29 is 23.7 Å². The Labute approximate surface area is 161 Å². The van der Waals surface area contributed by atoms with Crippen molar-refractivity contribution >= 4 is 0 Å². The quantitative estimate of drug-likeness (QED) is 0.706. The Bertz CT molecular complexity index is 695. The summed E-state index contributed by atoms with van der Waals surface area (Å²) in [6, 6.07) is 12.3. The normalized spacial score (nSPS) is 19.0. The highest BCUT2D eigenvalue weighted by molar-refractivity contribution is 5.44. The van der Waals surface area contributed by atoms with Crippen LogP contribution in [0.15, 0.2) is 36.4 Å². The zero-order chi connectivity index (χ0) is 19.2. The van der Waals surface area contributed by atoms with Crippen LogP contribution < -0.4 is 18.9 Å². The minimum Gasteiger partial charge on any atom is -0.493 e. The lowest BCUT2D eigenvalue weighted by atomic mass is 9.85. The van der Waals surface area contributed by atoms with Gasteiger partial charge in [-0.1, -0.05) is 12.1 Å². The van der Waals surface area contributed by atoms with E-state index in [2.05, 4.69) is 24.3 Å². The van der Waals surface area contributed by atoms with Gasteiger partial charge >= 0.3 is 0 Å². The molecule has 1 fully saturated rings. The molecule has 1 saturated heterocycles. The summed E-state index contributed by atoms with van der Waals surface area (Å²) in [6.45, 7) is 1.57. The van der Waals surface area contributed by atoms with E-state index >= 15 is 0 Å². The van der Waals surface area contributed by atoms with Crippen molar-refractivity contribution in [1.82, 2.24) is 0 Å². The molecule has 0 spiro atoms. The molecule has 2 aromatic rings. The molecular formula is C22H28O5. The van der Waals surface area contributed by atoms with E-state index in [-0.39, 0.29) is 0 Å². The van der Waals surface area contributed by atoms with Gasteiger partial charge in [-0.2, -0.15) is 0 Å². The molecule has 0 aromatic heterocycles. The van der Waals surface area contributed by atoms with Gasteiger partial charge in [0, 0.05) is 0 Å². The van der Waals surface area contributed by atoms with Crippen molar-refractivity contribution in [3.8, 4) is 23.0 Å². The second kappa shape index (κ2) is 9.00. The molecule has 1 aliphatic rings. The molecule has 0 bridgehead atoms. The summed E-state index contributed by atoms with van der Waals surface area (Å²) in [4.78, 5) is 0. The summed E-state index contributed by atoms with van der Waals surface area (Å²) in [5, 5.41) is 0. The summed E-state index contributed by atoms with van der Waals surface area (Å²) in [7, 11) is 6.64. The van der Waals surface area contributed by atoms with E-state index < -0.39 is 0 Å². The average molecular weight is 372 g/mol. The summed E-state index contributed by atoms with van der Waals surface area (Å²) >= 11 is 0. The molecular weight excluding hydrogens is 344 g/mol. The van der Waals surface area contributed by atoms with Crippen LogP contribution in [0.2, 0.25) is 0 Å². The van der Waals surface area contributed by atoms with Crippen LogP contribution in [0.4, 0.5) is 0 Å². The molecule has 3 rings (SSSR count). The van der Waals surface area contributed by atoms with Crippen LogP contribution in [0, 0.1) is 11.8 Å². The standard InChI is InChI=1S/C22H28O5/c1-23-19-7-5-15(11-21(19)25-3)9-17-13-27-14-18(17)10-16-6-8-20(24-2)22(12-16)26-4/h5-8,11-12,17-18H,9-10,13-14H2,1-4H3/t17-,18-/m0/s1. The fraction of sp³-hybridized carbons (Fsp3) is 0.455. The number of hydrogen-bond donors (Lipinski definition) is 0. The second-order valence-electron chi connectivity index (χ2n) is 6.84. The predicted octanol–water partition coefficient (Wildman–Crippen LogP) is 3.77. The third-order valence-electron chi connectivity index (χ3n) is 5.22. The van der Waals surface area contributed by atoms with E-state index in [0.717, 1.165) is 49.1 Å². The smallest absolute Gasteiger partial charge is 0.160 e. The van der Waals surface area contributed by atoms with Crippen molar-refractivity contribution in [1.29, 1.82) is 0 Å². The van der Waals surface area contributed by atoms with E-state index in [4.69, 9.17) is 23.7 Å². The fourth-order valence-electron chi connectivity index (χ4n) is 3.71. The van der Waals surface area contributed by atoms with Crippen molar-refractivity contribution in [2.45, 2.75) is 12.8 Å². The maximum Gasteiger partial charge on any atom is 0.160 e. The molecule has 0 N–H and O–H groups in total. The van der Waals surface area contributed by atoms with Crippen molar-refractivity contribution in [2.75, 3.05) is 41.7 Å². The van der Waals surface area contributed by atoms with Gasteiger partial charge in [-0.25, -0.2) is 0 Å². The third-order valence-corrected chi connectivity index (χ3v) is 5.22. The van der Waals surface area contributed by atoms with Crippen LogP contribution in [0.5, 0.6) is 23.0 Å². The Morgan fingerprint density at radius 3 is 1.44 bits per heavy atom. The Morgan fingerprint density at radius 1 is 0.667 bits per heavy atom. The SMILES string of the molecule is COc1ccc(C[C@H]2COC[C@@H]2Cc2ccc(OC)c(OC)c2)cc1OC. The highest BCUT2D eigenvalue weighted by atomic mass is 16.5. The van der Waals surface area contributed by atoms with Crippen LogP contribution in [-0.2, 0) is 17.6 Å². The molecule has 1 aliphatic heterocycles.